The number of nitrogens with zero attached hydrogens (tertiary/aromatic N) is 2. The monoisotopic (exact) mass is 184 g/mol. The molecule has 1 aromatic heterocycles. The van der Waals surface area contributed by atoms with Gasteiger partial charge in [-0.15, -0.1) is 0 Å². The van der Waals surface area contributed by atoms with Crippen molar-refractivity contribution in [1.29, 1.82) is 0 Å². The van der Waals surface area contributed by atoms with Gasteiger partial charge in [0.25, 0.3) is 0 Å². The second-order valence-corrected chi connectivity index (χ2v) is 3.94. The maximum atomic E-state index is 4.30. The maximum absolute atomic E-state index is 4.30. The lowest BCUT2D eigenvalue weighted by molar-refractivity contribution is 0.643. The van der Waals surface area contributed by atoms with Gasteiger partial charge in [0.2, 0.25) is 0 Å². The van der Waals surface area contributed by atoms with Gasteiger partial charge < -0.3 is 0 Å². The van der Waals surface area contributed by atoms with Gasteiger partial charge in [-0.05, 0) is 24.8 Å². The molecule has 0 spiro atoms. The largest absolute Gasteiger partial charge is 0.260 e. The highest BCUT2D eigenvalue weighted by Crippen LogP contribution is 2.19. The van der Waals surface area contributed by atoms with Gasteiger partial charge >= 0.3 is 0 Å². The van der Waals surface area contributed by atoms with Crippen molar-refractivity contribution >= 4 is 12.6 Å². The SMILES string of the molecule is CCC(C)c1cnn(C(C)S)c1. The van der Waals surface area contributed by atoms with Gasteiger partial charge in [0, 0.05) is 6.20 Å². The van der Waals surface area contributed by atoms with E-state index in [1.165, 1.54) is 5.56 Å². The first-order valence-electron chi connectivity index (χ1n) is 4.37. The number of thiol groups is 1. The summed E-state index contributed by atoms with van der Waals surface area (Å²) in [5.41, 5.74) is 1.30. The Morgan fingerprint density at radius 3 is 2.67 bits per heavy atom. The van der Waals surface area contributed by atoms with E-state index < -0.39 is 0 Å². The average Bonchev–Trinajstić information content (AvgIpc) is 2.51. The lowest BCUT2D eigenvalue weighted by Gasteiger charge is -2.05. The highest BCUT2D eigenvalue weighted by molar-refractivity contribution is 7.80. The van der Waals surface area contributed by atoms with Crippen LogP contribution in [0.2, 0.25) is 0 Å². The van der Waals surface area contributed by atoms with Crippen molar-refractivity contribution in [3.05, 3.63) is 18.0 Å². The van der Waals surface area contributed by atoms with Gasteiger partial charge in [0.1, 0.15) is 0 Å². The van der Waals surface area contributed by atoms with Crippen LogP contribution in [0.25, 0.3) is 0 Å². The maximum Gasteiger partial charge on any atom is 0.0914 e. The van der Waals surface area contributed by atoms with E-state index in [0.717, 1.165) is 6.42 Å². The van der Waals surface area contributed by atoms with E-state index in [0.29, 0.717) is 5.92 Å². The van der Waals surface area contributed by atoms with Crippen molar-refractivity contribution in [2.24, 2.45) is 0 Å². The van der Waals surface area contributed by atoms with Crippen LogP contribution in [0.1, 0.15) is 44.0 Å². The minimum absolute atomic E-state index is 0.169. The van der Waals surface area contributed by atoms with E-state index in [4.69, 9.17) is 0 Å². The summed E-state index contributed by atoms with van der Waals surface area (Å²) in [5, 5.41) is 4.39. The van der Waals surface area contributed by atoms with E-state index in [2.05, 4.69) is 37.8 Å². The first kappa shape index (κ1) is 9.65. The lowest BCUT2D eigenvalue weighted by Crippen LogP contribution is -1.97. The van der Waals surface area contributed by atoms with Gasteiger partial charge in [0.05, 0.1) is 11.6 Å². The molecule has 0 saturated carbocycles. The van der Waals surface area contributed by atoms with Gasteiger partial charge in [0.15, 0.2) is 0 Å². The molecule has 0 saturated heterocycles. The summed E-state index contributed by atoms with van der Waals surface area (Å²) in [5.74, 6) is 0.603. The van der Waals surface area contributed by atoms with Gasteiger partial charge in [-0.1, -0.05) is 13.8 Å². The average molecular weight is 184 g/mol. The summed E-state index contributed by atoms with van der Waals surface area (Å²) in [7, 11) is 0. The van der Waals surface area contributed by atoms with Crippen LogP contribution in [-0.2, 0) is 0 Å². The standard InChI is InChI=1S/C9H16N2S/c1-4-7(2)9-5-10-11(6-9)8(3)12/h5-8,12H,4H2,1-3H3. The van der Waals surface area contributed by atoms with E-state index in [1.54, 1.807) is 0 Å². The van der Waals surface area contributed by atoms with Crippen LogP contribution in [0.5, 0.6) is 0 Å². The van der Waals surface area contributed by atoms with Crippen LogP contribution < -0.4 is 0 Å². The third-order valence-corrected chi connectivity index (χ3v) is 2.42. The second-order valence-electron chi connectivity index (χ2n) is 3.19. The highest BCUT2D eigenvalue weighted by atomic mass is 32.1. The molecule has 1 rings (SSSR count). The van der Waals surface area contributed by atoms with Crippen LogP contribution in [0.4, 0.5) is 0 Å². The van der Waals surface area contributed by atoms with Crippen molar-refractivity contribution in [2.75, 3.05) is 0 Å². The zero-order valence-corrected chi connectivity index (χ0v) is 8.75. The molecule has 3 heteroatoms. The molecule has 0 bridgehead atoms. The van der Waals surface area contributed by atoms with Crippen LogP contribution in [0.3, 0.4) is 0 Å². The molecule has 2 nitrogen and oxygen atoms in total. The molecule has 0 aliphatic rings. The molecule has 0 aliphatic heterocycles. The first-order valence-corrected chi connectivity index (χ1v) is 4.89. The van der Waals surface area contributed by atoms with Crippen LogP contribution in [-0.4, -0.2) is 9.78 Å². The van der Waals surface area contributed by atoms with Crippen LogP contribution in [0.15, 0.2) is 12.4 Å². The summed E-state index contributed by atoms with van der Waals surface area (Å²) < 4.78 is 1.88. The van der Waals surface area contributed by atoms with Crippen LogP contribution >= 0.6 is 12.6 Å². The molecule has 1 heterocycles. The summed E-state index contributed by atoms with van der Waals surface area (Å²) >= 11 is 4.30. The fourth-order valence-electron chi connectivity index (χ4n) is 1.05. The fraction of sp³-hybridized carbons (Fsp3) is 0.667. The summed E-state index contributed by atoms with van der Waals surface area (Å²) in [6.07, 6.45) is 5.17. The minimum Gasteiger partial charge on any atom is -0.260 e. The Kier molecular flexibility index (Phi) is 3.20. The van der Waals surface area contributed by atoms with Gasteiger partial charge in [-0.3, -0.25) is 4.68 Å². The van der Waals surface area contributed by atoms with Crippen LogP contribution in [0, 0.1) is 0 Å². The predicted octanol–water partition coefficient (Wildman–Crippen LogP) is 2.84. The molecule has 68 valence electrons. The quantitative estimate of drug-likeness (QED) is 0.715. The number of hydrogen-bond donors (Lipinski definition) is 1. The molecule has 0 fully saturated rings. The molecule has 0 radical (unpaired) electrons. The predicted molar refractivity (Wildman–Crippen MR) is 54.6 cm³/mol. The minimum atomic E-state index is 0.169. The molecule has 1 aromatic rings. The van der Waals surface area contributed by atoms with Crippen molar-refractivity contribution in [3.63, 3.8) is 0 Å². The Hall–Kier alpha value is -0.440. The van der Waals surface area contributed by atoms with Gasteiger partial charge in [-0.2, -0.15) is 17.7 Å². The molecule has 2 atom stereocenters. The molecular formula is C9H16N2S. The van der Waals surface area contributed by atoms with Crippen molar-refractivity contribution in [3.8, 4) is 0 Å². The zero-order chi connectivity index (χ0) is 9.14. The smallest absolute Gasteiger partial charge is 0.0914 e. The summed E-state index contributed by atoms with van der Waals surface area (Å²) in [6, 6.07) is 0. The molecule has 0 aromatic carbocycles. The van der Waals surface area contributed by atoms with Gasteiger partial charge in [-0.25, -0.2) is 0 Å². The zero-order valence-electron chi connectivity index (χ0n) is 7.86. The Morgan fingerprint density at radius 2 is 2.25 bits per heavy atom. The summed E-state index contributed by atoms with van der Waals surface area (Å²) in [6.45, 7) is 6.41. The number of rotatable bonds is 3. The molecule has 12 heavy (non-hydrogen) atoms. The molecule has 2 unspecified atom stereocenters. The topological polar surface area (TPSA) is 17.8 Å². The Morgan fingerprint density at radius 1 is 1.58 bits per heavy atom. The van der Waals surface area contributed by atoms with E-state index in [9.17, 15) is 0 Å². The molecule has 0 amide bonds. The molecule has 0 N–H and O–H groups in total. The Bertz CT molecular complexity index is 242. The molecular weight excluding hydrogens is 168 g/mol. The second kappa shape index (κ2) is 3.99. The fourth-order valence-corrected chi connectivity index (χ4v) is 1.17. The van der Waals surface area contributed by atoms with Crippen molar-refractivity contribution < 1.29 is 0 Å². The number of hydrogen-bond acceptors (Lipinski definition) is 2. The number of aromatic nitrogens is 2. The third kappa shape index (κ3) is 2.03. The Labute approximate surface area is 79.4 Å². The highest BCUT2D eigenvalue weighted by Gasteiger charge is 2.06. The first-order chi connectivity index (χ1) is 5.65. The third-order valence-electron chi connectivity index (χ3n) is 2.19. The van der Waals surface area contributed by atoms with E-state index >= 15 is 0 Å². The lowest BCUT2D eigenvalue weighted by atomic mass is 10.0. The van der Waals surface area contributed by atoms with E-state index in [-0.39, 0.29) is 5.37 Å². The van der Waals surface area contributed by atoms with E-state index in [1.807, 2.05) is 17.8 Å². The Balaban J connectivity index is 2.77. The van der Waals surface area contributed by atoms with Crippen molar-refractivity contribution in [2.45, 2.75) is 38.5 Å². The normalized spacial score (nSPS) is 16.0. The van der Waals surface area contributed by atoms with Crippen molar-refractivity contribution in [1.82, 2.24) is 9.78 Å². The summed E-state index contributed by atoms with van der Waals surface area (Å²) in [4.78, 5) is 0. The molecule has 0 aliphatic carbocycles.